The van der Waals surface area contributed by atoms with Crippen LogP contribution in [-0.4, -0.2) is 5.11 Å². The molecule has 0 amide bonds. The molecule has 0 fully saturated rings. The molecule has 2 aromatic rings. The predicted octanol–water partition coefficient (Wildman–Crippen LogP) is 3.46. The first kappa shape index (κ1) is 14.8. The van der Waals surface area contributed by atoms with E-state index >= 15 is 0 Å². The molecule has 2 nitrogen and oxygen atoms in total. The lowest BCUT2D eigenvalue weighted by molar-refractivity contribution is 0.218. The number of rotatable bonds is 3. The van der Waals surface area contributed by atoms with E-state index in [1.165, 1.54) is 22.3 Å². The van der Waals surface area contributed by atoms with Gasteiger partial charge >= 0.3 is 0 Å². The fourth-order valence-corrected chi connectivity index (χ4v) is 2.71. The topological polar surface area (TPSA) is 46.2 Å². The second-order valence-electron chi connectivity index (χ2n) is 5.53. The molecule has 20 heavy (non-hydrogen) atoms. The van der Waals surface area contributed by atoms with Crippen molar-refractivity contribution < 1.29 is 5.11 Å². The van der Waals surface area contributed by atoms with Gasteiger partial charge in [-0.15, -0.1) is 0 Å². The number of hydrogen-bond acceptors (Lipinski definition) is 2. The minimum absolute atomic E-state index is 0.491. The van der Waals surface area contributed by atoms with Crippen molar-refractivity contribution in [3.8, 4) is 0 Å². The van der Waals surface area contributed by atoms with Crippen LogP contribution >= 0.6 is 0 Å². The van der Waals surface area contributed by atoms with Crippen LogP contribution in [0.3, 0.4) is 0 Å². The minimum Gasteiger partial charge on any atom is -0.384 e. The van der Waals surface area contributed by atoms with Gasteiger partial charge in [0.1, 0.15) is 6.10 Å². The molecule has 0 aliphatic rings. The maximum atomic E-state index is 10.8. The molecule has 2 rings (SSSR count). The van der Waals surface area contributed by atoms with Gasteiger partial charge in [-0.05, 0) is 66.6 Å². The largest absolute Gasteiger partial charge is 0.384 e. The highest BCUT2D eigenvalue weighted by atomic mass is 16.3. The summed E-state index contributed by atoms with van der Waals surface area (Å²) in [5.74, 6) is 0. The third kappa shape index (κ3) is 2.62. The van der Waals surface area contributed by atoms with Crippen LogP contribution in [0.5, 0.6) is 0 Å². The third-order valence-electron chi connectivity index (χ3n) is 4.20. The van der Waals surface area contributed by atoms with E-state index in [4.69, 9.17) is 5.73 Å². The molecular weight excluding hydrogens is 246 g/mol. The number of aliphatic hydroxyl groups excluding tert-OH is 1. The van der Waals surface area contributed by atoms with Gasteiger partial charge in [0, 0.05) is 6.54 Å². The summed E-state index contributed by atoms with van der Waals surface area (Å²) in [7, 11) is 0. The van der Waals surface area contributed by atoms with Gasteiger partial charge in [0.2, 0.25) is 0 Å². The molecule has 2 aromatic carbocycles. The van der Waals surface area contributed by atoms with Crippen molar-refractivity contribution in [2.75, 3.05) is 0 Å². The highest BCUT2D eigenvalue weighted by Crippen LogP contribution is 2.31. The lowest BCUT2D eigenvalue weighted by Gasteiger charge is -2.21. The fourth-order valence-electron chi connectivity index (χ4n) is 2.71. The summed E-state index contributed by atoms with van der Waals surface area (Å²) in [4.78, 5) is 0. The van der Waals surface area contributed by atoms with Crippen molar-refractivity contribution in [2.45, 2.75) is 40.3 Å². The van der Waals surface area contributed by atoms with E-state index in [9.17, 15) is 5.11 Å². The van der Waals surface area contributed by atoms with Crippen LogP contribution in [0.2, 0.25) is 0 Å². The monoisotopic (exact) mass is 269 g/mol. The first-order chi connectivity index (χ1) is 9.45. The summed E-state index contributed by atoms with van der Waals surface area (Å²) in [6.45, 7) is 8.83. The Hall–Kier alpha value is -1.64. The van der Waals surface area contributed by atoms with Crippen molar-refractivity contribution in [1.29, 1.82) is 0 Å². The van der Waals surface area contributed by atoms with Gasteiger partial charge in [-0.3, -0.25) is 0 Å². The quantitative estimate of drug-likeness (QED) is 0.896. The van der Waals surface area contributed by atoms with E-state index in [1.807, 2.05) is 24.3 Å². The lowest BCUT2D eigenvalue weighted by Crippen LogP contribution is -2.08. The Morgan fingerprint density at radius 1 is 1.00 bits per heavy atom. The van der Waals surface area contributed by atoms with Crippen LogP contribution in [0.4, 0.5) is 0 Å². The number of hydrogen-bond donors (Lipinski definition) is 2. The van der Waals surface area contributed by atoms with E-state index in [2.05, 4.69) is 33.8 Å². The Balaban J connectivity index is 2.55. The number of aryl methyl sites for hydroxylation is 2. The molecule has 0 spiro atoms. The van der Waals surface area contributed by atoms with Gasteiger partial charge in [0.05, 0.1) is 0 Å². The van der Waals surface area contributed by atoms with Gasteiger partial charge in [0.25, 0.3) is 0 Å². The highest BCUT2D eigenvalue weighted by molar-refractivity contribution is 5.48. The zero-order chi connectivity index (χ0) is 14.9. The molecule has 0 radical (unpaired) electrons. The number of aliphatic hydroxyl groups is 1. The Kier molecular flexibility index (Phi) is 4.26. The van der Waals surface area contributed by atoms with Crippen LogP contribution < -0.4 is 5.73 Å². The van der Waals surface area contributed by atoms with Crippen LogP contribution in [0.15, 0.2) is 30.3 Å². The van der Waals surface area contributed by atoms with E-state index in [-0.39, 0.29) is 0 Å². The van der Waals surface area contributed by atoms with Gasteiger partial charge in [-0.25, -0.2) is 0 Å². The summed E-state index contributed by atoms with van der Waals surface area (Å²) < 4.78 is 0. The average molecular weight is 269 g/mol. The molecule has 106 valence electrons. The fraction of sp³-hybridized carbons (Fsp3) is 0.333. The number of benzene rings is 2. The first-order valence-corrected chi connectivity index (χ1v) is 7.00. The summed E-state index contributed by atoms with van der Waals surface area (Å²) >= 11 is 0. The summed E-state index contributed by atoms with van der Waals surface area (Å²) in [5, 5.41) is 10.8. The molecule has 0 saturated carbocycles. The van der Waals surface area contributed by atoms with E-state index in [0.29, 0.717) is 6.54 Å². The molecule has 0 saturated heterocycles. The third-order valence-corrected chi connectivity index (χ3v) is 4.20. The second-order valence-corrected chi connectivity index (χ2v) is 5.53. The molecule has 0 aromatic heterocycles. The number of nitrogens with two attached hydrogens (primary N) is 1. The van der Waals surface area contributed by atoms with Crippen LogP contribution in [0, 0.1) is 27.7 Å². The van der Waals surface area contributed by atoms with Gasteiger partial charge in [-0.2, -0.15) is 0 Å². The van der Waals surface area contributed by atoms with Crippen molar-refractivity contribution >= 4 is 0 Å². The van der Waals surface area contributed by atoms with Crippen molar-refractivity contribution in [1.82, 2.24) is 0 Å². The van der Waals surface area contributed by atoms with Crippen molar-refractivity contribution in [3.63, 3.8) is 0 Å². The molecular formula is C18H23NO. The molecule has 3 N–H and O–H groups in total. The van der Waals surface area contributed by atoms with Crippen molar-refractivity contribution in [2.24, 2.45) is 5.73 Å². The predicted molar refractivity (Wildman–Crippen MR) is 83.8 cm³/mol. The van der Waals surface area contributed by atoms with Crippen LogP contribution in [0.1, 0.15) is 45.0 Å². The maximum absolute atomic E-state index is 10.8. The molecule has 0 aliphatic carbocycles. The van der Waals surface area contributed by atoms with Crippen LogP contribution in [-0.2, 0) is 6.54 Å². The molecule has 0 heterocycles. The SMILES string of the molecule is Cc1cc(C)c(C)c(C(O)c2cccc(CN)c2)c1C. The first-order valence-electron chi connectivity index (χ1n) is 7.00. The summed E-state index contributed by atoms with van der Waals surface area (Å²) in [5.41, 5.74) is 13.4. The van der Waals surface area contributed by atoms with Gasteiger partial charge in [0.15, 0.2) is 0 Å². The van der Waals surface area contributed by atoms with Crippen LogP contribution in [0.25, 0.3) is 0 Å². The Labute approximate surface area is 121 Å². The van der Waals surface area contributed by atoms with E-state index in [1.54, 1.807) is 0 Å². The zero-order valence-corrected chi connectivity index (χ0v) is 12.7. The Morgan fingerprint density at radius 3 is 2.15 bits per heavy atom. The minimum atomic E-state index is -0.597. The standard InChI is InChI=1S/C18H23NO/c1-11-8-12(2)14(4)17(13(11)3)18(20)16-7-5-6-15(9-16)10-19/h5-9,18,20H,10,19H2,1-4H3. The summed E-state index contributed by atoms with van der Waals surface area (Å²) in [6.07, 6.45) is -0.597. The van der Waals surface area contributed by atoms with E-state index in [0.717, 1.165) is 16.7 Å². The lowest BCUT2D eigenvalue weighted by atomic mass is 9.88. The van der Waals surface area contributed by atoms with E-state index < -0.39 is 6.10 Å². The molecule has 2 heteroatoms. The zero-order valence-electron chi connectivity index (χ0n) is 12.7. The highest BCUT2D eigenvalue weighted by Gasteiger charge is 2.18. The van der Waals surface area contributed by atoms with Gasteiger partial charge < -0.3 is 10.8 Å². The molecule has 0 aliphatic heterocycles. The van der Waals surface area contributed by atoms with Gasteiger partial charge in [-0.1, -0.05) is 30.3 Å². The average Bonchev–Trinajstić information content (AvgIpc) is 2.45. The molecule has 0 bridgehead atoms. The normalized spacial score (nSPS) is 12.5. The summed E-state index contributed by atoms with van der Waals surface area (Å²) in [6, 6.07) is 10.1. The smallest absolute Gasteiger partial charge is 0.105 e. The molecule has 1 atom stereocenters. The second kappa shape index (κ2) is 5.78. The Morgan fingerprint density at radius 2 is 1.60 bits per heavy atom. The maximum Gasteiger partial charge on any atom is 0.105 e. The Bertz CT molecular complexity index is 605. The molecule has 1 unspecified atom stereocenters. The van der Waals surface area contributed by atoms with Crippen molar-refractivity contribution in [3.05, 3.63) is 69.3 Å².